The van der Waals surface area contributed by atoms with Crippen LogP contribution in [0.3, 0.4) is 0 Å². The van der Waals surface area contributed by atoms with Gasteiger partial charge in [-0.3, -0.25) is 0 Å². The van der Waals surface area contributed by atoms with E-state index >= 15 is 0 Å². The summed E-state index contributed by atoms with van der Waals surface area (Å²) in [5.74, 6) is 0. The highest BCUT2D eigenvalue weighted by Crippen LogP contribution is 2.15. The standard InChI is InChI=1S/C15H18N2/c1-12-6-5-9-15(16)14(12)11-17-10-13-7-3-2-4-8-13/h2-9,17H,10-11,16H2,1H3. The molecular weight excluding hydrogens is 208 g/mol. The number of rotatable bonds is 4. The predicted octanol–water partition coefficient (Wildman–Crippen LogP) is 2.87. The van der Waals surface area contributed by atoms with Crippen LogP contribution in [-0.4, -0.2) is 0 Å². The van der Waals surface area contributed by atoms with Crippen LogP contribution in [0.1, 0.15) is 16.7 Å². The molecule has 17 heavy (non-hydrogen) atoms. The minimum Gasteiger partial charge on any atom is -0.398 e. The molecule has 2 heteroatoms. The van der Waals surface area contributed by atoms with Gasteiger partial charge in [0.2, 0.25) is 0 Å². The number of hydrogen-bond acceptors (Lipinski definition) is 2. The van der Waals surface area contributed by atoms with Crippen molar-refractivity contribution in [1.29, 1.82) is 0 Å². The first-order chi connectivity index (χ1) is 8.27. The SMILES string of the molecule is Cc1cccc(N)c1CNCc1ccccc1. The van der Waals surface area contributed by atoms with Crippen LogP contribution in [0.4, 0.5) is 5.69 Å². The van der Waals surface area contributed by atoms with Crippen LogP contribution < -0.4 is 11.1 Å². The minimum absolute atomic E-state index is 0.813. The van der Waals surface area contributed by atoms with Gasteiger partial charge in [-0.05, 0) is 29.7 Å². The molecule has 0 aliphatic rings. The lowest BCUT2D eigenvalue weighted by Crippen LogP contribution is -2.14. The fourth-order valence-electron chi connectivity index (χ4n) is 1.89. The maximum absolute atomic E-state index is 5.96. The van der Waals surface area contributed by atoms with E-state index in [4.69, 9.17) is 5.73 Å². The second-order valence-electron chi connectivity index (χ2n) is 4.23. The van der Waals surface area contributed by atoms with Crippen molar-refractivity contribution in [3.8, 4) is 0 Å². The number of anilines is 1. The Bertz CT molecular complexity index is 457. The van der Waals surface area contributed by atoms with Gasteiger partial charge in [0.25, 0.3) is 0 Å². The van der Waals surface area contributed by atoms with Gasteiger partial charge in [0, 0.05) is 18.8 Å². The number of nitrogens with two attached hydrogens (primary N) is 1. The van der Waals surface area contributed by atoms with Crippen LogP contribution in [0.2, 0.25) is 0 Å². The van der Waals surface area contributed by atoms with Gasteiger partial charge in [-0.2, -0.15) is 0 Å². The highest BCUT2D eigenvalue weighted by atomic mass is 14.9. The Labute approximate surface area is 102 Å². The smallest absolute Gasteiger partial charge is 0.0362 e. The molecule has 0 heterocycles. The summed E-state index contributed by atoms with van der Waals surface area (Å²) in [5.41, 5.74) is 10.6. The second-order valence-corrected chi connectivity index (χ2v) is 4.23. The summed E-state index contributed by atoms with van der Waals surface area (Å²) in [5, 5.41) is 3.42. The first-order valence-corrected chi connectivity index (χ1v) is 5.86. The topological polar surface area (TPSA) is 38.0 Å². The van der Waals surface area contributed by atoms with Gasteiger partial charge in [0.15, 0.2) is 0 Å². The predicted molar refractivity (Wildman–Crippen MR) is 72.6 cm³/mol. The van der Waals surface area contributed by atoms with E-state index in [-0.39, 0.29) is 0 Å². The summed E-state index contributed by atoms with van der Waals surface area (Å²) in [7, 11) is 0. The molecule has 0 aromatic heterocycles. The van der Waals surface area contributed by atoms with E-state index in [1.165, 1.54) is 16.7 Å². The zero-order valence-electron chi connectivity index (χ0n) is 10.1. The molecule has 0 bridgehead atoms. The molecule has 0 radical (unpaired) electrons. The van der Waals surface area contributed by atoms with Crippen LogP contribution in [0, 0.1) is 6.92 Å². The average Bonchev–Trinajstić information content (AvgIpc) is 2.34. The van der Waals surface area contributed by atoms with Gasteiger partial charge < -0.3 is 11.1 Å². The van der Waals surface area contributed by atoms with Crippen molar-refractivity contribution in [3.05, 3.63) is 65.2 Å². The molecule has 0 amide bonds. The van der Waals surface area contributed by atoms with Crippen molar-refractivity contribution in [2.24, 2.45) is 0 Å². The molecule has 0 saturated carbocycles. The summed E-state index contributed by atoms with van der Waals surface area (Å²) >= 11 is 0. The quantitative estimate of drug-likeness (QED) is 0.787. The third-order valence-corrected chi connectivity index (χ3v) is 2.92. The summed E-state index contributed by atoms with van der Waals surface area (Å²) in [6.07, 6.45) is 0. The van der Waals surface area contributed by atoms with Crippen molar-refractivity contribution in [3.63, 3.8) is 0 Å². The molecule has 0 spiro atoms. The van der Waals surface area contributed by atoms with E-state index < -0.39 is 0 Å². The first-order valence-electron chi connectivity index (χ1n) is 5.86. The highest BCUT2D eigenvalue weighted by molar-refractivity contribution is 5.50. The zero-order valence-corrected chi connectivity index (χ0v) is 10.1. The molecule has 0 atom stereocenters. The monoisotopic (exact) mass is 226 g/mol. The molecular formula is C15H18N2. The number of benzene rings is 2. The number of aryl methyl sites for hydroxylation is 1. The Morgan fingerprint density at radius 3 is 2.41 bits per heavy atom. The lowest BCUT2D eigenvalue weighted by molar-refractivity contribution is 0.692. The van der Waals surface area contributed by atoms with Gasteiger partial charge in [-0.15, -0.1) is 0 Å². The van der Waals surface area contributed by atoms with Crippen LogP contribution in [0.25, 0.3) is 0 Å². The van der Waals surface area contributed by atoms with Crippen LogP contribution in [-0.2, 0) is 13.1 Å². The van der Waals surface area contributed by atoms with Gasteiger partial charge in [0.05, 0.1) is 0 Å². The van der Waals surface area contributed by atoms with Crippen molar-refractivity contribution < 1.29 is 0 Å². The van der Waals surface area contributed by atoms with Crippen molar-refractivity contribution >= 4 is 5.69 Å². The molecule has 0 aliphatic heterocycles. The molecule has 2 rings (SSSR count). The molecule has 3 N–H and O–H groups in total. The van der Waals surface area contributed by atoms with E-state index in [0.29, 0.717) is 0 Å². The Hall–Kier alpha value is -1.80. The molecule has 0 saturated heterocycles. The number of nitrogens with one attached hydrogen (secondary N) is 1. The Kier molecular flexibility index (Phi) is 3.78. The van der Waals surface area contributed by atoms with Crippen molar-refractivity contribution in [2.45, 2.75) is 20.0 Å². The van der Waals surface area contributed by atoms with Crippen LogP contribution in [0.15, 0.2) is 48.5 Å². The summed E-state index contributed by atoms with van der Waals surface area (Å²) in [4.78, 5) is 0. The molecule has 0 fully saturated rings. The van der Waals surface area contributed by atoms with E-state index in [2.05, 4.69) is 42.6 Å². The minimum atomic E-state index is 0.813. The molecule has 2 aromatic rings. The largest absolute Gasteiger partial charge is 0.398 e. The van der Waals surface area contributed by atoms with Gasteiger partial charge >= 0.3 is 0 Å². The van der Waals surface area contributed by atoms with Crippen molar-refractivity contribution in [1.82, 2.24) is 5.32 Å². The van der Waals surface area contributed by atoms with E-state index in [0.717, 1.165) is 18.8 Å². The third-order valence-electron chi connectivity index (χ3n) is 2.92. The van der Waals surface area contributed by atoms with E-state index in [1.54, 1.807) is 0 Å². The summed E-state index contributed by atoms with van der Waals surface area (Å²) in [6.45, 7) is 3.78. The first kappa shape index (κ1) is 11.7. The lowest BCUT2D eigenvalue weighted by Gasteiger charge is -2.10. The zero-order chi connectivity index (χ0) is 12.1. The molecule has 88 valence electrons. The fraction of sp³-hybridized carbons (Fsp3) is 0.200. The van der Waals surface area contributed by atoms with E-state index in [1.807, 2.05) is 18.2 Å². The molecule has 2 nitrogen and oxygen atoms in total. The highest BCUT2D eigenvalue weighted by Gasteiger charge is 2.01. The van der Waals surface area contributed by atoms with E-state index in [9.17, 15) is 0 Å². The van der Waals surface area contributed by atoms with Gasteiger partial charge in [-0.25, -0.2) is 0 Å². The van der Waals surface area contributed by atoms with Crippen LogP contribution >= 0.6 is 0 Å². The molecule has 2 aromatic carbocycles. The summed E-state index contributed by atoms with van der Waals surface area (Å²) in [6, 6.07) is 16.4. The maximum Gasteiger partial charge on any atom is 0.0362 e. The Balaban J connectivity index is 1.95. The molecule has 0 unspecified atom stereocenters. The fourth-order valence-corrected chi connectivity index (χ4v) is 1.89. The second kappa shape index (κ2) is 5.51. The maximum atomic E-state index is 5.96. The number of nitrogen functional groups attached to an aromatic ring is 1. The third kappa shape index (κ3) is 3.08. The van der Waals surface area contributed by atoms with Gasteiger partial charge in [-0.1, -0.05) is 42.5 Å². The normalized spacial score (nSPS) is 10.4. The van der Waals surface area contributed by atoms with Crippen molar-refractivity contribution in [2.75, 3.05) is 5.73 Å². The number of hydrogen-bond donors (Lipinski definition) is 2. The average molecular weight is 226 g/mol. The summed E-state index contributed by atoms with van der Waals surface area (Å²) < 4.78 is 0. The lowest BCUT2D eigenvalue weighted by atomic mass is 10.1. The molecule has 0 aliphatic carbocycles. The Morgan fingerprint density at radius 2 is 1.71 bits per heavy atom. The van der Waals surface area contributed by atoms with Gasteiger partial charge in [0.1, 0.15) is 0 Å². The Morgan fingerprint density at radius 1 is 0.941 bits per heavy atom. The van der Waals surface area contributed by atoms with Crippen LogP contribution in [0.5, 0.6) is 0 Å².